The minimum Gasteiger partial charge on any atom is -0.352 e. The van der Waals surface area contributed by atoms with Crippen molar-refractivity contribution in [1.29, 1.82) is 0 Å². The number of nitrogens with zero attached hydrogens (tertiary/aromatic N) is 1. The highest BCUT2D eigenvalue weighted by atomic mass is 19.2. The van der Waals surface area contributed by atoms with Gasteiger partial charge in [-0.2, -0.15) is 0 Å². The normalized spacial score (nSPS) is 10.7. The van der Waals surface area contributed by atoms with E-state index in [1.807, 2.05) is 31.5 Å². The molecule has 0 atom stereocenters. The van der Waals surface area contributed by atoms with E-state index < -0.39 is 17.5 Å². The number of nitrogens with one attached hydrogen (secondary N) is 1. The molecule has 3 nitrogen and oxygen atoms in total. The van der Waals surface area contributed by atoms with Crippen molar-refractivity contribution >= 4 is 5.91 Å². The fraction of sp³-hybridized carbons (Fsp3) is 0.267. The number of hydrogen-bond donors (Lipinski definition) is 1. The first-order valence-electron chi connectivity index (χ1n) is 6.25. The summed E-state index contributed by atoms with van der Waals surface area (Å²) in [4.78, 5) is 11.9. The molecular formula is C15H16F2N2O. The zero-order valence-corrected chi connectivity index (χ0v) is 11.6. The van der Waals surface area contributed by atoms with Crippen molar-refractivity contribution in [2.24, 2.45) is 7.05 Å². The zero-order chi connectivity index (χ0) is 14.9. The number of aromatic nitrogens is 1. The van der Waals surface area contributed by atoms with Gasteiger partial charge in [-0.3, -0.25) is 4.79 Å². The van der Waals surface area contributed by atoms with Gasteiger partial charge in [-0.1, -0.05) is 0 Å². The van der Waals surface area contributed by atoms with E-state index in [-0.39, 0.29) is 5.56 Å². The molecule has 2 aromatic rings. The molecule has 0 saturated heterocycles. The largest absolute Gasteiger partial charge is 0.352 e. The van der Waals surface area contributed by atoms with Crippen molar-refractivity contribution < 1.29 is 13.6 Å². The van der Waals surface area contributed by atoms with Gasteiger partial charge < -0.3 is 9.88 Å². The minimum absolute atomic E-state index is 0.106. The average molecular weight is 278 g/mol. The first-order chi connectivity index (χ1) is 9.40. The van der Waals surface area contributed by atoms with Crippen LogP contribution in [0.2, 0.25) is 0 Å². The second-order valence-electron chi connectivity index (χ2n) is 4.77. The van der Waals surface area contributed by atoms with Crippen LogP contribution in [0.15, 0.2) is 24.3 Å². The molecule has 1 heterocycles. The van der Waals surface area contributed by atoms with Gasteiger partial charge in [0.2, 0.25) is 0 Å². The molecule has 106 valence electrons. The molecule has 0 unspecified atom stereocenters. The maximum absolute atomic E-state index is 13.1. The van der Waals surface area contributed by atoms with Gasteiger partial charge in [-0.15, -0.1) is 0 Å². The molecule has 0 spiro atoms. The molecule has 0 aliphatic rings. The maximum atomic E-state index is 13.1. The lowest BCUT2D eigenvalue weighted by Gasteiger charge is -2.06. The van der Waals surface area contributed by atoms with Crippen molar-refractivity contribution in [2.75, 3.05) is 0 Å². The van der Waals surface area contributed by atoms with E-state index >= 15 is 0 Å². The number of hydrogen-bond acceptors (Lipinski definition) is 1. The molecule has 5 heteroatoms. The van der Waals surface area contributed by atoms with Crippen LogP contribution in [0.25, 0.3) is 0 Å². The highest BCUT2D eigenvalue weighted by molar-refractivity contribution is 5.94. The molecule has 1 amide bonds. The lowest BCUT2D eigenvalue weighted by Crippen LogP contribution is -2.23. The van der Waals surface area contributed by atoms with Crippen LogP contribution in [0.4, 0.5) is 8.78 Å². The first-order valence-corrected chi connectivity index (χ1v) is 6.25. The van der Waals surface area contributed by atoms with Crippen molar-refractivity contribution in [1.82, 2.24) is 9.88 Å². The van der Waals surface area contributed by atoms with Gasteiger partial charge >= 0.3 is 0 Å². The average Bonchev–Trinajstić information content (AvgIpc) is 2.66. The van der Waals surface area contributed by atoms with Gasteiger partial charge in [0.15, 0.2) is 11.6 Å². The van der Waals surface area contributed by atoms with Crippen molar-refractivity contribution in [3.63, 3.8) is 0 Å². The fourth-order valence-electron chi connectivity index (χ4n) is 2.03. The summed E-state index contributed by atoms with van der Waals surface area (Å²) in [6.07, 6.45) is 0. The molecule has 0 radical (unpaired) electrons. The van der Waals surface area contributed by atoms with Crippen LogP contribution in [0.1, 0.15) is 27.3 Å². The third-order valence-corrected chi connectivity index (χ3v) is 3.50. The Hall–Kier alpha value is -2.17. The lowest BCUT2D eigenvalue weighted by molar-refractivity contribution is 0.0950. The van der Waals surface area contributed by atoms with Crippen LogP contribution in [-0.4, -0.2) is 10.5 Å². The fourth-order valence-corrected chi connectivity index (χ4v) is 2.03. The summed E-state index contributed by atoms with van der Waals surface area (Å²) < 4.78 is 27.9. The van der Waals surface area contributed by atoms with E-state index in [1.165, 1.54) is 6.07 Å². The molecular weight excluding hydrogens is 262 g/mol. The Morgan fingerprint density at radius 3 is 2.45 bits per heavy atom. The molecule has 0 aliphatic heterocycles. The highest BCUT2D eigenvalue weighted by Gasteiger charge is 2.11. The van der Waals surface area contributed by atoms with Gasteiger partial charge in [0.05, 0.1) is 0 Å². The van der Waals surface area contributed by atoms with E-state index in [4.69, 9.17) is 0 Å². The SMILES string of the molecule is Cc1cc(CNC(=O)c2ccc(F)c(F)c2)c(C)n1C. The topological polar surface area (TPSA) is 34.0 Å². The number of carbonyl (C=O) groups is 1. The Bertz CT molecular complexity index is 662. The lowest BCUT2D eigenvalue weighted by atomic mass is 10.2. The van der Waals surface area contributed by atoms with Gasteiger partial charge in [-0.05, 0) is 43.7 Å². The van der Waals surface area contributed by atoms with Crippen LogP contribution < -0.4 is 5.32 Å². The van der Waals surface area contributed by atoms with Gasteiger partial charge in [0.25, 0.3) is 5.91 Å². The Morgan fingerprint density at radius 2 is 1.90 bits per heavy atom. The molecule has 0 bridgehead atoms. The molecule has 0 aliphatic carbocycles. The number of benzene rings is 1. The van der Waals surface area contributed by atoms with E-state index in [9.17, 15) is 13.6 Å². The number of halogens is 2. The summed E-state index contributed by atoms with van der Waals surface area (Å²) >= 11 is 0. The zero-order valence-electron chi connectivity index (χ0n) is 11.6. The van der Waals surface area contributed by atoms with Crippen molar-refractivity contribution in [3.05, 3.63) is 58.4 Å². The van der Waals surface area contributed by atoms with E-state index in [0.717, 1.165) is 29.1 Å². The highest BCUT2D eigenvalue weighted by Crippen LogP contribution is 2.13. The van der Waals surface area contributed by atoms with Crippen LogP contribution in [0.3, 0.4) is 0 Å². The monoisotopic (exact) mass is 278 g/mol. The molecule has 0 fully saturated rings. The summed E-state index contributed by atoms with van der Waals surface area (Å²) in [5, 5.41) is 2.70. The molecule has 2 rings (SSSR count). The van der Waals surface area contributed by atoms with Crippen LogP contribution >= 0.6 is 0 Å². The van der Waals surface area contributed by atoms with Crippen molar-refractivity contribution in [3.8, 4) is 0 Å². The molecule has 20 heavy (non-hydrogen) atoms. The number of amides is 1. The standard InChI is InChI=1S/C15H16F2N2O/c1-9-6-12(10(2)19(9)3)8-18-15(20)11-4-5-13(16)14(17)7-11/h4-7H,8H2,1-3H3,(H,18,20). The summed E-state index contributed by atoms with van der Waals surface area (Å²) in [6.45, 7) is 4.30. The molecule has 1 aromatic heterocycles. The van der Waals surface area contributed by atoms with E-state index in [1.54, 1.807) is 0 Å². The van der Waals surface area contributed by atoms with Crippen LogP contribution in [-0.2, 0) is 13.6 Å². The molecule has 0 saturated carbocycles. The third kappa shape index (κ3) is 2.71. The van der Waals surface area contributed by atoms with Crippen molar-refractivity contribution in [2.45, 2.75) is 20.4 Å². The smallest absolute Gasteiger partial charge is 0.251 e. The summed E-state index contributed by atoms with van der Waals surface area (Å²) in [5.41, 5.74) is 3.27. The number of aryl methyl sites for hydroxylation is 1. The minimum atomic E-state index is -1.02. The Kier molecular flexibility index (Phi) is 3.88. The van der Waals surface area contributed by atoms with Gasteiger partial charge in [0, 0.05) is 30.5 Å². The Balaban J connectivity index is 2.08. The number of carbonyl (C=O) groups excluding carboxylic acids is 1. The quantitative estimate of drug-likeness (QED) is 0.920. The Labute approximate surface area is 116 Å². The molecule has 1 N–H and O–H groups in total. The Morgan fingerprint density at radius 1 is 1.20 bits per heavy atom. The summed E-state index contributed by atoms with van der Waals surface area (Å²) in [5.74, 6) is -2.41. The van der Waals surface area contributed by atoms with Gasteiger partial charge in [0.1, 0.15) is 0 Å². The first kappa shape index (κ1) is 14.2. The second kappa shape index (κ2) is 5.45. The van der Waals surface area contributed by atoms with E-state index in [2.05, 4.69) is 5.32 Å². The predicted octanol–water partition coefficient (Wildman–Crippen LogP) is 2.85. The third-order valence-electron chi connectivity index (χ3n) is 3.50. The maximum Gasteiger partial charge on any atom is 0.251 e. The molecule has 1 aromatic carbocycles. The predicted molar refractivity (Wildman–Crippen MR) is 72.4 cm³/mol. The number of rotatable bonds is 3. The second-order valence-corrected chi connectivity index (χ2v) is 4.77. The van der Waals surface area contributed by atoms with E-state index in [0.29, 0.717) is 6.54 Å². The summed E-state index contributed by atoms with van der Waals surface area (Å²) in [6, 6.07) is 5.09. The summed E-state index contributed by atoms with van der Waals surface area (Å²) in [7, 11) is 1.95. The van der Waals surface area contributed by atoms with Crippen LogP contribution in [0.5, 0.6) is 0 Å². The van der Waals surface area contributed by atoms with Gasteiger partial charge in [-0.25, -0.2) is 8.78 Å². The van der Waals surface area contributed by atoms with Crippen LogP contribution in [0, 0.1) is 25.5 Å².